The Labute approximate surface area is 219 Å². The molecule has 2 aliphatic carbocycles. The van der Waals surface area contributed by atoms with Crippen molar-refractivity contribution in [1.82, 2.24) is 0 Å². The topological polar surface area (TPSA) is 20.2 Å². The van der Waals surface area contributed by atoms with E-state index in [-0.39, 0.29) is 5.92 Å². The average molecular weight is 483 g/mol. The van der Waals surface area contributed by atoms with Crippen LogP contribution in [-0.2, 0) is 0 Å². The van der Waals surface area contributed by atoms with E-state index in [0.717, 1.165) is 16.3 Å². The van der Waals surface area contributed by atoms with E-state index in [2.05, 4.69) is 109 Å². The average Bonchev–Trinajstić information content (AvgIpc) is 3.36. The van der Waals surface area contributed by atoms with E-state index in [1.807, 2.05) is 12.1 Å². The third kappa shape index (κ3) is 2.46. The van der Waals surface area contributed by atoms with Gasteiger partial charge in [0.05, 0.1) is 0 Å². The molecule has 1 heteroatoms. The molecule has 1 atom stereocenters. The molecule has 0 aliphatic heterocycles. The molecule has 0 radical (unpaired) electrons. The number of hydrogen-bond donors (Lipinski definition) is 1. The predicted octanol–water partition coefficient (Wildman–Crippen LogP) is 9.73. The SMILES string of the molecule is Oc1cccc2c1c1c(c3ccccc32)C2=CC=CC(c3ccc4ccc5cccc6ccc3c4c56)C2=C1. The number of allylic oxidation sites excluding steroid dienone is 5. The Morgan fingerprint density at radius 3 is 2.13 bits per heavy atom. The van der Waals surface area contributed by atoms with Gasteiger partial charge >= 0.3 is 0 Å². The maximum absolute atomic E-state index is 11.0. The lowest BCUT2D eigenvalue weighted by Crippen LogP contribution is -2.04. The molecule has 38 heavy (non-hydrogen) atoms. The minimum atomic E-state index is 0.131. The van der Waals surface area contributed by atoms with E-state index in [0.29, 0.717) is 5.75 Å². The van der Waals surface area contributed by atoms with Gasteiger partial charge in [0.15, 0.2) is 0 Å². The van der Waals surface area contributed by atoms with Gasteiger partial charge in [-0.05, 0) is 88.5 Å². The maximum atomic E-state index is 11.0. The van der Waals surface area contributed by atoms with Gasteiger partial charge in [0.1, 0.15) is 5.75 Å². The Morgan fingerprint density at radius 1 is 0.553 bits per heavy atom. The monoisotopic (exact) mass is 482 g/mol. The molecule has 0 saturated heterocycles. The summed E-state index contributed by atoms with van der Waals surface area (Å²) in [6.45, 7) is 0. The molecule has 0 aromatic heterocycles. The zero-order valence-corrected chi connectivity index (χ0v) is 20.6. The molecule has 0 amide bonds. The van der Waals surface area contributed by atoms with E-state index >= 15 is 0 Å². The number of hydrogen-bond acceptors (Lipinski definition) is 1. The van der Waals surface area contributed by atoms with Crippen LogP contribution in [0.3, 0.4) is 0 Å². The highest BCUT2D eigenvalue weighted by atomic mass is 16.3. The van der Waals surface area contributed by atoms with Gasteiger partial charge in [0.25, 0.3) is 0 Å². The van der Waals surface area contributed by atoms with Crippen LogP contribution in [0.1, 0.15) is 22.6 Å². The van der Waals surface area contributed by atoms with Crippen LogP contribution in [0.4, 0.5) is 0 Å². The Morgan fingerprint density at radius 2 is 1.26 bits per heavy atom. The first-order valence-electron chi connectivity index (χ1n) is 13.2. The van der Waals surface area contributed by atoms with Crippen LogP contribution < -0.4 is 0 Å². The molecular formula is C37H22O. The Hall–Kier alpha value is -4.88. The van der Waals surface area contributed by atoms with E-state index in [4.69, 9.17) is 0 Å². The molecule has 0 saturated carbocycles. The molecule has 9 rings (SSSR count). The molecule has 176 valence electrons. The summed E-state index contributed by atoms with van der Waals surface area (Å²) >= 11 is 0. The second kappa shape index (κ2) is 7.12. The Bertz CT molecular complexity index is 2230. The zero-order valence-electron chi connectivity index (χ0n) is 20.6. The lowest BCUT2D eigenvalue weighted by Gasteiger charge is -2.23. The van der Waals surface area contributed by atoms with Crippen molar-refractivity contribution in [3.63, 3.8) is 0 Å². The third-order valence-electron chi connectivity index (χ3n) is 8.75. The quantitative estimate of drug-likeness (QED) is 0.231. The molecule has 1 unspecified atom stereocenters. The largest absolute Gasteiger partial charge is 0.507 e. The number of aromatic hydroxyl groups is 1. The van der Waals surface area contributed by atoms with E-state index < -0.39 is 0 Å². The molecule has 7 aromatic rings. The standard InChI is InChI=1S/C37H22O/c38-33-13-5-12-28-25-8-1-2-9-27(25)36-29-11-4-10-24(31(29)20-32(36)37(28)33)26-18-16-23-15-14-21-6-3-7-22-17-19-30(26)35(23)34(21)22/h1-20,24,38H. The molecule has 0 bridgehead atoms. The fourth-order valence-corrected chi connectivity index (χ4v) is 7.17. The normalized spacial score (nSPS) is 16.5. The highest BCUT2D eigenvalue weighted by Gasteiger charge is 2.31. The van der Waals surface area contributed by atoms with Crippen LogP contribution in [0.25, 0.3) is 65.5 Å². The lowest BCUT2D eigenvalue weighted by atomic mass is 9.80. The van der Waals surface area contributed by atoms with Gasteiger partial charge in [0.2, 0.25) is 0 Å². The Kier molecular flexibility index (Phi) is 3.78. The van der Waals surface area contributed by atoms with Crippen LogP contribution in [0.15, 0.2) is 121 Å². The highest BCUT2D eigenvalue weighted by Crippen LogP contribution is 2.53. The number of phenolic OH excluding ortho intramolecular Hbond substituents is 1. The number of fused-ring (bicyclic) bond motifs is 8. The zero-order chi connectivity index (χ0) is 25.0. The first-order chi connectivity index (χ1) is 18.8. The summed E-state index contributed by atoms with van der Waals surface area (Å²) in [5.74, 6) is 0.472. The van der Waals surface area contributed by atoms with E-state index in [1.54, 1.807) is 0 Å². The number of phenols is 1. The molecule has 0 fully saturated rings. The molecule has 0 heterocycles. The maximum Gasteiger partial charge on any atom is 0.124 e. The summed E-state index contributed by atoms with van der Waals surface area (Å²) in [4.78, 5) is 0. The molecule has 1 nitrogen and oxygen atoms in total. The van der Waals surface area contributed by atoms with Crippen LogP contribution in [-0.4, -0.2) is 5.11 Å². The van der Waals surface area contributed by atoms with Crippen LogP contribution in [0.5, 0.6) is 5.75 Å². The number of benzene rings is 7. The molecule has 7 aromatic carbocycles. The van der Waals surface area contributed by atoms with E-state index in [9.17, 15) is 5.11 Å². The second-order valence-corrected chi connectivity index (χ2v) is 10.6. The fourth-order valence-electron chi connectivity index (χ4n) is 7.17. The predicted molar refractivity (Wildman–Crippen MR) is 161 cm³/mol. The summed E-state index contributed by atoms with van der Waals surface area (Å²) in [6, 6.07) is 34.7. The van der Waals surface area contributed by atoms with Gasteiger partial charge in [-0.2, -0.15) is 0 Å². The number of rotatable bonds is 1. The minimum Gasteiger partial charge on any atom is -0.507 e. The first-order valence-corrected chi connectivity index (χ1v) is 13.2. The fraction of sp³-hybridized carbons (Fsp3) is 0.0270. The van der Waals surface area contributed by atoms with Crippen molar-refractivity contribution in [3.05, 3.63) is 138 Å². The van der Waals surface area contributed by atoms with Crippen molar-refractivity contribution in [2.24, 2.45) is 0 Å². The summed E-state index contributed by atoms with van der Waals surface area (Å²) in [5.41, 5.74) is 6.26. The summed E-state index contributed by atoms with van der Waals surface area (Å²) in [6.07, 6.45) is 9.13. The first kappa shape index (κ1) is 20.2. The van der Waals surface area contributed by atoms with E-state index in [1.165, 1.54) is 65.4 Å². The van der Waals surface area contributed by atoms with Crippen LogP contribution >= 0.6 is 0 Å². The molecule has 0 spiro atoms. The van der Waals surface area contributed by atoms with Crippen molar-refractivity contribution >= 4 is 65.5 Å². The highest BCUT2D eigenvalue weighted by molar-refractivity contribution is 6.25. The molecular weight excluding hydrogens is 460 g/mol. The van der Waals surface area contributed by atoms with Crippen LogP contribution in [0.2, 0.25) is 0 Å². The van der Waals surface area contributed by atoms with Gasteiger partial charge in [-0.3, -0.25) is 0 Å². The van der Waals surface area contributed by atoms with Gasteiger partial charge in [-0.25, -0.2) is 0 Å². The second-order valence-electron chi connectivity index (χ2n) is 10.6. The van der Waals surface area contributed by atoms with Crippen molar-refractivity contribution in [2.45, 2.75) is 5.92 Å². The summed E-state index contributed by atoms with van der Waals surface area (Å²) in [7, 11) is 0. The Balaban J connectivity index is 1.34. The summed E-state index contributed by atoms with van der Waals surface area (Å²) < 4.78 is 0. The van der Waals surface area contributed by atoms with Gasteiger partial charge in [-0.15, -0.1) is 0 Å². The van der Waals surface area contributed by atoms with Crippen molar-refractivity contribution in [1.29, 1.82) is 0 Å². The molecule has 1 N–H and O–H groups in total. The smallest absolute Gasteiger partial charge is 0.124 e. The summed E-state index contributed by atoms with van der Waals surface area (Å²) in [5, 5.41) is 23.4. The van der Waals surface area contributed by atoms with Gasteiger partial charge in [0, 0.05) is 11.3 Å². The van der Waals surface area contributed by atoms with Gasteiger partial charge in [-0.1, -0.05) is 109 Å². The van der Waals surface area contributed by atoms with Gasteiger partial charge < -0.3 is 5.11 Å². The van der Waals surface area contributed by atoms with Crippen molar-refractivity contribution in [3.8, 4) is 5.75 Å². The third-order valence-corrected chi connectivity index (χ3v) is 8.75. The molecule has 2 aliphatic rings. The van der Waals surface area contributed by atoms with Crippen molar-refractivity contribution < 1.29 is 5.11 Å². The van der Waals surface area contributed by atoms with Crippen molar-refractivity contribution in [2.75, 3.05) is 0 Å². The minimum absolute atomic E-state index is 0.131. The van der Waals surface area contributed by atoms with Crippen LogP contribution in [0, 0.1) is 0 Å². The lowest BCUT2D eigenvalue weighted by molar-refractivity contribution is 0.481.